The number of aliphatic hydroxyl groups is 1. The van der Waals surface area contributed by atoms with E-state index < -0.39 is 6.10 Å². The summed E-state index contributed by atoms with van der Waals surface area (Å²) in [7, 11) is 2.03. The summed E-state index contributed by atoms with van der Waals surface area (Å²) in [5.74, 6) is -0.0197. The van der Waals surface area contributed by atoms with E-state index in [-0.39, 0.29) is 11.9 Å². The Labute approximate surface area is 147 Å². The largest absolute Gasteiger partial charge is 0.390 e. The van der Waals surface area contributed by atoms with E-state index in [0.29, 0.717) is 19.3 Å². The van der Waals surface area contributed by atoms with E-state index in [4.69, 9.17) is 0 Å². The van der Waals surface area contributed by atoms with Crippen molar-refractivity contribution in [1.29, 1.82) is 0 Å². The van der Waals surface area contributed by atoms with Gasteiger partial charge in [-0.05, 0) is 29.2 Å². The molecule has 4 heteroatoms. The maximum atomic E-state index is 12.4. The summed E-state index contributed by atoms with van der Waals surface area (Å²) in [6.45, 7) is 0. The molecule has 4 rings (SSSR count). The summed E-state index contributed by atoms with van der Waals surface area (Å²) in [5, 5.41) is 14.5. The van der Waals surface area contributed by atoms with Gasteiger partial charge in [0, 0.05) is 37.0 Å². The summed E-state index contributed by atoms with van der Waals surface area (Å²) in [5.41, 5.74) is 4.52. The zero-order valence-corrected chi connectivity index (χ0v) is 14.3. The Morgan fingerprint density at radius 1 is 1.20 bits per heavy atom. The number of aliphatic hydroxyl groups excluding tert-OH is 1. The molecule has 1 aliphatic rings. The van der Waals surface area contributed by atoms with Crippen LogP contribution in [-0.2, 0) is 24.7 Å². The smallest absolute Gasteiger partial charge is 0.220 e. The summed E-state index contributed by atoms with van der Waals surface area (Å²) in [6, 6.07) is 15.9. The first-order valence-electron chi connectivity index (χ1n) is 8.71. The molecule has 2 N–H and O–H groups in total. The van der Waals surface area contributed by atoms with Crippen LogP contribution in [0.3, 0.4) is 0 Å². The minimum Gasteiger partial charge on any atom is -0.390 e. The molecule has 2 atom stereocenters. The number of fused-ring (bicyclic) bond motifs is 2. The Balaban J connectivity index is 1.44. The Hall–Kier alpha value is -2.59. The van der Waals surface area contributed by atoms with Gasteiger partial charge in [0.25, 0.3) is 0 Å². The first kappa shape index (κ1) is 15.9. The molecule has 0 unspecified atom stereocenters. The molecule has 0 fully saturated rings. The quantitative estimate of drug-likeness (QED) is 0.771. The van der Waals surface area contributed by atoms with Crippen LogP contribution in [0.4, 0.5) is 0 Å². The molecule has 3 aromatic rings. The molecule has 25 heavy (non-hydrogen) atoms. The molecule has 128 valence electrons. The van der Waals surface area contributed by atoms with Gasteiger partial charge in [-0.3, -0.25) is 4.79 Å². The predicted octanol–water partition coefficient (Wildman–Crippen LogP) is 2.89. The standard InChI is InChI=1S/C21H22N2O2/c1-23-13-15(16-7-4-5-9-18(16)23)10-11-20(25)22-21-17-8-3-2-6-14(17)12-19(21)24/h2-9,13,19,21,24H,10-12H2,1H3,(H,22,25)/t19-,21+/m0/s1. The van der Waals surface area contributed by atoms with Crippen LogP contribution >= 0.6 is 0 Å². The van der Waals surface area contributed by atoms with Crippen LogP contribution in [0.15, 0.2) is 54.7 Å². The average Bonchev–Trinajstić information content (AvgIpc) is 3.11. The van der Waals surface area contributed by atoms with Crippen molar-refractivity contribution in [3.8, 4) is 0 Å². The van der Waals surface area contributed by atoms with Crippen molar-refractivity contribution in [2.75, 3.05) is 0 Å². The first-order chi connectivity index (χ1) is 12.1. The maximum absolute atomic E-state index is 12.4. The lowest BCUT2D eigenvalue weighted by molar-refractivity contribution is -0.122. The summed E-state index contributed by atoms with van der Waals surface area (Å²) < 4.78 is 2.10. The Kier molecular flexibility index (Phi) is 4.06. The van der Waals surface area contributed by atoms with Crippen molar-refractivity contribution in [2.45, 2.75) is 31.4 Å². The van der Waals surface area contributed by atoms with Gasteiger partial charge in [-0.2, -0.15) is 0 Å². The van der Waals surface area contributed by atoms with E-state index in [0.717, 1.165) is 11.1 Å². The number of hydrogen-bond acceptors (Lipinski definition) is 2. The van der Waals surface area contributed by atoms with Gasteiger partial charge >= 0.3 is 0 Å². The molecule has 2 aromatic carbocycles. The van der Waals surface area contributed by atoms with E-state index in [1.54, 1.807) is 0 Å². The molecule has 1 aliphatic carbocycles. The third-order valence-electron chi connectivity index (χ3n) is 5.12. The summed E-state index contributed by atoms with van der Waals surface area (Å²) in [6.07, 6.45) is 3.26. The molecule has 1 heterocycles. The van der Waals surface area contributed by atoms with Gasteiger partial charge in [0.2, 0.25) is 5.91 Å². The van der Waals surface area contributed by atoms with Gasteiger partial charge in [0.15, 0.2) is 0 Å². The maximum Gasteiger partial charge on any atom is 0.220 e. The van der Waals surface area contributed by atoms with Crippen molar-refractivity contribution in [2.24, 2.45) is 7.05 Å². The van der Waals surface area contributed by atoms with Crippen LogP contribution in [0.25, 0.3) is 10.9 Å². The normalized spacial score (nSPS) is 19.1. The minimum absolute atomic E-state index is 0.0197. The highest BCUT2D eigenvalue weighted by Gasteiger charge is 2.31. The van der Waals surface area contributed by atoms with Crippen LogP contribution in [-0.4, -0.2) is 21.7 Å². The van der Waals surface area contributed by atoms with E-state index >= 15 is 0 Å². The second-order valence-electron chi connectivity index (χ2n) is 6.80. The molecule has 0 bridgehead atoms. The molecule has 1 amide bonds. The fraction of sp³-hybridized carbons (Fsp3) is 0.286. The summed E-state index contributed by atoms with van der Waals surface area (Å²) in [4.78, 5) is 12.4. The molecule has 0 aliphatic heterocycles. The van der Waals surface area contributed by atoms with Crippen LogP contribution in [0.5, 0.6) is 0 Å². The van der Waals surface area contributed by atoms with Gasteiger partial charge in [0.05, 0.1) is 12.1 Å². The van der Waals surface area contributed by atoms with Crippen LogP contribution < -0.4 is 5.32 Å². The molecule has 0 saturated carbocycles. The Morgan fingerprint density at radius 3 is 2.84 bits per heavy atom. The molecule has 4 nitrogen and oxygen atoms in total. The van der Waals surface area contributed by atoms with Crippen molar-refractivity contribution >= 4 is 16.8 Å². The van der Waals surface area contributed by atoms with E-state index in [2.05, 4.69) is 28.2 Å². The SMILES string of the molecule is Cn1cc(CCC(=O)N[C@@H]2c3ccccc3C[C@@H]2O)c2ccccc21. The first-order valence-corrected chi connectivity index (χ1v) is 8.71. The second-order valence-corrected chi connectivity index (χ2v) is 6.80. The molecule has 0 spiro atoms. The van der Waals surface area contributed by atoms with Gasteiger partial charge in [0.1, 0.15) is 0 Å². The summed E-state index contributed by atoms with van der Waals surface area (Å²) >= 11 is 0. The third-order valence-corrected chi connectivity index (χ3v) is 5.12. The van der Waals surface area contributed by atoms with Crippen LogP contribution in [0.1, 0.15) is 29.2 Å². The highest BCUT2D eigenvalue weighted by atomic mass is 16.3. The number of amides is 1. The third kappa shape index (κ3) is 2.94. The van der Waals surface area contributed by atoms with E-state index in [1.165, 1.54) is 16.5 Å². The fourth-order valence-corrected chi connectivity index (χ4v) is 3.87. The van der Waals surface area contributed by atoms with Crippen molar-refractivity contribution in [1.82, 2.24) is 9.88 Å². The lowest BCUT2D eigenvalue weighted by atomic mass is 10.1. The minimum atomic E-state index is -0.543. The van der Waals surface area contributed by atoms with Crippen molar-refractivity contribution < 1.29 is 9.90 Å². The monoisotopic (exact) mass is 334 g/mol. The number of hydrogen-bond donors (Lipinski definition) is 2. The van der Waals surface area contributed by atoms with Crippen molar-refractivity contribution in [3.63, 3.8) is 0 Å². The van der Waals surface area contributed by atoms with Crippen LogP contribution in [0.2, 0.25) is 0 Å². The number of aryl methyl sites for hydroxylation is 2. The van der Waals surface area contributed by atoms with Gasteiger partial charge < -0.3 is 15.0 Å². The number of aromatic nitrogens is 1. The van der Waals surface area contributed by atoms with Gasteiger partial charge in [-0.25, -0.2) is 0 Å². The lowest BCUT2D eigenvalue weighted by Gasteiger charge is -2.18. The highest BCUT2D eigenvalue weighted by molar-refractivity contribution is 5.85. The molecule has 0 radical (unpaired) electrons. The fourth-order valence-electron chi connectivity index (χ4n) is 3.87. The van der Waals surface area contributed by atoms with E-state index in [9.17, 15) is 9.90 Å². The van der Waals surface area contributed by atoms with E-state index in [1.807, 2.05) is 43.4 Å². The number of rotatable bonds is 4. The molecule has 1 aromatic heterocycles. The van der Waals surface area contributed by atoms with Crippen molar-refractivity contribution in [3.05, 3.63) is 71.4 Å². The number of benzene rings is 2. The van der Waals surface area contributed by atoms with Gasteiger partial charge in [-0.1, -0.05) is 42.5 Å². The molecular weight excluding hydrogens is 312 g/mol. The topological polar surface area (TPSA) is 54.3 Å². The van der Waals surface area contributed by atoms with Gasteiger partial charge in [-0.15, -0.1) is 0 Å². The zero-order chi connectivity index (χ0) is 17.4. The lowest BCUT2D eigenvalue weighted by Crippen LogP contribution is -2.33. The van der Waals surface area contributed by atoms with Crippen LogP contribution in [0, 0.1) is 0 Å². The second kappa shape index (κ2) is 6.37. The number of nitrogens with zero attached hydrogens (tertiary/aromatic N) is 1. The zero-order valence-electron chi connectivity index (χ0n) is 14.3. The molecular formula is C21H22N2O2. The molecule has 0 saturated heterocycles. The Bertz CT molecular complexity index is 929. The number of carbonyl (C=O) groups excluding carboxylic acids is 1. The average molecular weight is 334 g/mol. The number of carbonyl (C=O) groups is 1. The highest BCUT2D eigenvalue weighted by Crippen LogP contribution is 2.31. The number of nitrogens with one attached hydrogen (secondary N) is 1. The Morgan fingerprint density at radius 2 is 1.96 bits per heavy atom. The predicted molar refractivity (Wildman–Crippen MR) is 98.3 cm³/mol. The number of para-hydroxylation sites is 1.